The molecule has 0 aromatic carbocycles. The van der Waals surface area contributed by atoms with Crippen molar-refractivity contribution >= 4 is 5.69 Å². The first-order chi connectivity index (χ1) is 4.88. The molecule has 0 spiro atoms. The van der Waals surface area contributed by atoms with Crippen molar-refractivity contribution < 1.29 is 0 Å². The van der Waals surface area contributed by atoms with E-state index in [0.717, 1.165) is 17.8 Å². The molecule has 3 N–H and O–H groups in total. The number of nitrogens with one attached hydrogen (secondary N) is 1. The van der Waals surface area contributed by atoms with Crippen LogP contribution in [0.2, 0.25) is 0 Å². The summed E-state index contributed by atoms with van der Waals surface area (Å²) in [6.07, 6.45) is 3.59. The minimum atomic E-state index is 0.128. The molecule has 2 rings (SSSR count). The Kier molecular flexibility index (Phi) is 1.11. The fourth-order valence-electron chi connectivity index (χ4n) is 1.19. The number of pyridine rings is 1. The number of nitrogens with zero attached hydrogens (tertiary/aromatic N) is 1. The van der Waals surface area contributed by atoms with Crippen molar-refractivity contribution in [1.82, 2.24) is 4.98 Å². The van der Waals surface area contributed by atoms with E-state index < -0.39 is 0 Å². The predicted octanol–water partition coefficient (Wildman–Crippen LogP) is 0.507. The maximum absolute atomic E-state index is 5.74. The predicted molar refractivity (Wildman–Crippen MR) is 39.7 cm³/mol. The molecular weight excluding hydrogens is 126 g/mol. The third-order valence-electron chi connectivity index (χ3n) is 1.76. The highest BCUT2D eigenvalue weighted by Crippen LogP contribution is 2.25. The third-order valence-corrected chi connectivity index (χ3v) is 1.76. The molecule has 0 fully saturated rings. The molecular formula is C7H9N3. The number of aromatic nitrogens is 1. The van der Waals surface area contributed by atoms with Gasteiger partial charge in [-0.15, -0.1) is 0 Å². The number of hydrogen-bond acceptors (Lipinski definition) is 3. The van der Waals surface area contributed by atoms with Crippen LogP contribution in [0, 0.1) is 0 Å². The van der Waals surface area contributed by atoms with Gasteiger partial charge in [-0.05, 0) is 6.07 Å². The average molecular weight is 135 g/mol. The Morgan fingerprint density at radius 3 is 3.40 bits per heavy atom. The highest BCUT2D eigenvalue weighted by Gasteiger charge is 2.16. The second-order valence-electron chi connectivity index (χ2n) is 2.45. The largest absolute Gasteiger partial charge is 0.383 e. The molecule has 1 aromatic rings. The lowest BCUT2D eigenvalue weighted by molar-refractivity contribution is 0.804. The topological polar surface area (TPSA) is 50.9 Å². The molecule has 0 saturated heterocycles. The Bertz CT molecular complexity index is 246. The standard InChI is InChI=1S/C7H9N3/c8-6-4-10-7-1-2-9-3-5(6)7/h1-3,6,10H,4,8H2. The van der Waals surface area contributed by atoms with Crippen molar-refractivity contribution in [3.63, 3.8) is 0 Å². The molecule has 3 nitrogen and oxygen atoms in total. The van der Waals surface area contributed by atoms with Crippen LogP contribution in [0.4, 0.5) is 5.69 Å². The number of anilines is 1. The first-order valence-corrected chi connectivity index (χ1v) is 3.31. The Morgan fingerprint density at radius 1 is 1.70 bits per heavy atom. The van der Waals surface area contributed by atoms with E-state index >= 15 is 0 Å². The van der Waals surface area contributed by atoms with Gasteiger partial charge in [0.05, 0.1) is 6.04 Å². The van der Waals surface area contributed by atoms with E-state index in [2.05, 4.69) is 10.3 Å². The number of nitrogens with two attached hydrogens (primary N) is 1. The Labute approximate surface area is 59.3 Å². The summed E-state index contributed by atoms with van der Waals surface area (Å²) >= 11 is 0. The fourth-order valence-corrected chi connectivity index (χ4v) is 1.19. The Hall–Kier alpha value is -1.09. The molecule has 0 bridgehead atoms. The van der Waals surface area contributed by atoms with Gasteiger partial charge in [-0.1, -0.05) is 0 Å². The zero-order valence-electron chi connectivity index (χ0n) is 5.54. The summed E-state index contributed by atoms with van der Waals surface area (Å²) in [5.41, 5.74) is 8.00. The van der Waals surface area contributed by atoms with Crippen LogP contribution in [0.5, 0.6) is 0 Å². The molecule has 10 heavy (non-hydrogen) atoms. The molecule has 1 aliphatic rings. The molecule has 2 heterocycles. The van der Waals surface area contributed by atoms with Crippen LogP contribution in [-0.2, 0) is 0 Å². The van der Waals surface area contributed by atoms with Crippen molar-refractivity contribution in [3.8, 4) is 0 Å². The van der Waals surface area contributed by atoms with E-state index in [-0.39, 0.29) is 6.04 Å². The Morgan fingerprint density at radius 2 is 2.60 bits per heavy atom. The molecule has 0 radical (unpaired) electrons. The highest BCUT2D eigenvalue weighted by atomic mass is 15.0. The van der Waals surface area contributed by atoms with E-state index in [9.17, 15) is 0 Å². The number of hydrogen-bond donors (Lipinski definition) is 2. The van der Waals surface area contributed by atoms with Crippen molar-refractivity contribution in [2.75, 3.05) is 11.9 Å². The summed E-state index contributed by atoms with van der Waals surface area (Å²) in [5, 5.41) is 3.18. The lowest BCUT2D eigenvalue weighted by Gasteiger charge is -1.98. The molecule has 3 heteroatoms. The first kappa shape index (κ1) is 5.68. The van der Waals surface area contributed by atoms with Crippen LogP contribution in [-0.4, -0.2) is 11.5 Å². The van der Waals surface area contributed by atoms with Gasteiger partial charge >= 0.3 is 0 Å². The van der Waals surface area contributed by atoms with Gasteiger partial charge in [0.25, 0.3) is 0 Å². The van der Waals surface area contributed by atoms with E-state index in [1.807, 2.05) is 12.3 Å². The van der Waals surface area contributed by atoms with Crippen molar-refractivity contribution in [3.05, 3.63) is 24.0 Å². The summed E-state index contributed by atoms with van der Waals surface area (Å²) in [6, 6.07) is 2.08. The van der Waals surface area contributed by atoms with Crippen LogP contribution in [0.15, 0.2) is 18.5 Å². The molecule has 52 valence electrons. The van der Waals surface area contributed by atoms with Crippen LogP contribution < -0.4 is 11.1 Å². The van der Waals surface area contributed by atoms with Gasteiger partial charge in [0.1, 0.15) is 0 Å². The summed E-state index contributed by atoms with van der Waals surface area (Å²) in [5.74, 6) is 0. The SMILES string of the molecule is NC1CNc2ccncc21. The monoisotopic (exact) mass is 135 g/mol. The van der Waals surface area contributed by atoms with Gasteiger partial charge in [0.15, 0.2) is 0 Å². The minimum absolute atomic E-state index is 0.128. The van der Waals surface area contributed by atoms with E-state index in [1.54, 1.807) is 6.20 Å². The van der Waals surface area contributed by atoms with E-state index in [1.165, 1.54) is 0 Å². The normalized spacial score (nSPS) is 21.9. The number of rotatable bonds is 0. The number of fused-ring (bicyclic) bond motifs is 1. The quantitative estimate of drug-likeness (QED) is 0.545. The molecule has 1 aromatic heterocycles. The molecule has 0 aliphatic carbocycles. The van der Waals surface area contributed by atoms with Crippen molar-refractivity contribution in [2.45, 2.75) is 6.04 Å². The lowest BCUT2D eigenvalue weighted by Crippen LogP contribution is -2.11. The van der Waals surface area contributed by atoms with E-state index in [4.69, 9.17) is 5.73 Å². The second kappa shape index (κ2) is 1.95. The van der Waals surface area contributed by atoms with Gasteiger partial charge in [0.2, 0.25) is 0 Å². The molecule has 1 unspecified atom stereocenters. The average Bonchev–Trinajstić information content (AvgIpc) is 2.34. The summed E-state index contributed by atoms with van der Waals surface area (Å²) < 4.78 is 0. The molecule has 1 atom stereocenters. The van der Waals surface area contributed by atoms with Gasteiger partial charge in [0, 0.05) is 30.2 Å². The van der Waals surface area contributed by atoms with Crippen LogP contribution in [0.3, 0.4) is 0 Å². The summed E-state index contributed by atoms with van der Waals surface area (Å²) in [7, 11) is 0. The Balaban J connectivity index is 2.51. The van der Waals surface area contributed by atoms with Gasteiger partial charge in [-0.3, -0.25) is 4.98 Å². The van der Waals surface area contributed by atoms with Crippen LogP contribution in [0.1, 0.15) is 11.6 Å². The highest BCUT2D eigenvalue weighted by molar-refractivity contribution is 5.55. The van der Waals surface area contributed by atoms with E-state index in [0.29, 0.717) is 0 Å². The third kappa shape index (κ3) is 0.675. The minimum Gasteiger partial charge on any atom is -0.383 e. The zero-order chi connectivity index (χ0) is 6.97. The van der Waals surface area contributed by atoms with Gasteiger partial charge in [-0.2, -0.15) is 0 Å². The fraction of sp³-hybridized carbons (Fsp3) is 0.286. The zero-order valence-corrected chi connectivity index (χ0v) is 5.54. The molecule has 0 amide bonds. The summed E-state index contributed by atoms with van der Waals surface area (Å²) in [4.78, 5) is 3.99. The van der Waals surface area contributed by atoms with Crippen molar-refractivity contribution in [2.24, 2.45) is 5.73 Å². The summed E-state index contributed by atoms with van der Waals surface area (Å²) in [6.45, 7) is 0.834. The maximum atomic E-state index is 5.74. The van der Waals surface area contributed by atoms with Crippen molar-refractivity contribution in [1.29, 1.82) is 0 Å². The van der Waals surface area contributed by atoms with Gasteiger partial charge in [-0.25, -0.2) is 0 Å². The smallest absolute Gasteiger partial charge is 0.0506 e. The lowest BCUT2D eigenvalue weighted by atomic mass is 10.2. The van der Waals surface area contributed by atoms with Gasteiger partial charge < -0.3 is 11.1 Å². The molecule has 0 saturated carbocycles. The first-order valence-electron chi connectivity index (χ1n) is 3.31. The maximum Gasteiger partial charge on any atom is 0.0506 e. The van der Waals surface area contributed by atoms with Crippen LogP contribution >= 0.6 is 0 Å². The van der Waals surface area contributed by atoms with Crippen LogP contribution in [0.25, 0.3) is 0 Å². The molecule has 1 aliphatic heterocycles. The second-order valence-corrected chi connectivity index (χ2v) is 2.45.